The summed E-state index contributed by atoms with van der Waals surface area (Å²) in [5.41, 5.74) is 0.218. The molecular weight excluding hydrogens is 379 g/mol. The second kappa shape index (κ2) is 9.05. The maximum Gasteiger partial charge on any atom is 0.292 e. The molecule has 27 heavy (non-hydrogen) atoms. The minimum Gasteiger partial charge on any atom is -0.378 e. The zero-order valence-corrected chi connectivity index (χ0v) is 14.8. The Morgan fingerprint density at radius 3 is 2.56 bits per heavy atom. The lowest BCUT2D eigenvalue weighted by molar-refractivity contribution is -0.384. The molecule has 1 amide bonds. The molecule has 11 heteroatoms. The predicted molar refractivity (Wildman–Crippen MR) is 96.2 cm³/mol. The van der Waals surface area contributed by atoms with Gasteiger partial charge in [0.25, 0.3) is 5.69 Å². The van der Waals surface area contributed by atoms with Crippen molar-refractivity contribution < 1.29 is 22.5 Å². The minimum atomic E-state index is -4.01. The highest BCUT2D eigenvalue weighted by Crippen LogP contribution is 2.22. The molecule has 0 bridgehead atoms. The third-order valence-corrected chi connectivity index (χ3v) is 4.79. The maximum absolute atomic E-state index is 13.1. The van der Waals surface area contributed by atoms with E-state index in [1.807, 2.05) is 0 Å². The maximum atomic E-state index is 13.1. The molecule has 0 spiro atoms. The number of nitrogens with one attached hydrogen (secondary N) is 3. The summed E-state index contributed by atoms with van der Waals surface area (Å²) in [7, 11) is -4.01. The van der Waals surface area contributed by atoms with Crippen molar-refractivity contribution in [1.29, 1.82) is 0 Å². The highest BCUT2D eigenvalue weighted by molar-refractivity contribution is 7.89. The van der Waals surface area contributed by atoms with Crippen LogP contribution in [0.1, 0.15) is 0 Å². The molecular formula is C16H17FN4O5S. The molecule has 0 radical (unpaired) electrons. The van der Waals surface area contributed by atoms with Crippen LogP contribution in [0.3, 0.4) is 0 Å². The fourth-order valence-electron chi connectivity index (χ4n) is 2.12. The number of amides is 1. The minimum absolute atomic E-state index is 0.0910. The monoisotopic (exact) mass is 396 g/mol. The summed E-state index contributed by atoms with van der Waals surface area (Å²) in [6, 6.07) is 10.5. The number of carbonyl (C=O) groups is 1. The van der Waals surface area contributed by atoms with Gasteiger partial charge in [0.05, 0.1) is 16.4 Å². The van der Waals surface area contributed by atoms with Gasteiger partial charge in [-0.2, -0.15) is 0 Å². The van der Waals surface area contributed by atoms with Crippen LogP contribution in [0.5, 0.6) is 0 Å². The zero-order chi connectivity index (χ0) is 19.9. The first kappa shape index (κ1) is 20.3. The molecule has 2 aromatic rings. The van der Waals surface area contributed by atoms with E-state index < -0.39 is 33.2 Å². The average molecular weight is 396 g/mol. The van der Waals surface area contributed by atoms with Gasteiger partial charge >= 0.3 is 0 Å². The van der Waals surface area contributed by atoms with Crippen LogP contribution in [0, 0.1) is 15.9 Å². The number of nitro benzene ring substituents is 1. The molecule has 9 nitrogen and oxygen atoms in total. The average Bonchev–Trinajstić information content (AvgIpc) is 2.64. The van der Waals surface area contributed by atoms with Gasteiger partial charge < -0.3 is 10.6 Å². The molecule has 0 atom stereocenters. The van der Waals surface area contributed by atoms with E-state index in [-0.39, 0.29) is 23.7 Å². The van der Waals surface area contributed by atoms with Crippen LogP contribution < -0.4 is 15.4 Å². The Balaban J connectivity index is 1.78. The van der Waals surface area contributed by atoms with Gasteiger partial charge in [-0.25, -0.2) is 17.5 Å². The Labute approximate surface area is 154 Å². The van der Waals surface area contributed by atoms with E-state index in [2.05, 4.69) is 15.4 Å². The van der Waals surface area contributed by atoms with Crippen LogP contribution >= 0.6 is 0 Å². The summed E-state index contributed by atoms with van der Waals surface area (Å²) in [4.78, 5) is 21.8. The summed E-state index contributed by atoms with van der Waals surface area (Å²) < 4.78 is 39.1. The van der Waals surface area contributed by atoms with Gasteiger partial charge in [0, 0.05) is 19.2 Å². The van der Waals surface area contributed by atoms with Gasteiger partial charge in [-0.05, 0) is 24.3 Å². The number of sulfonamides is 1. The number of nitro groups is 1. The summed E-state index contributed by atoms with van der Waals surface area (Å²) >= 11 is 0. The van der Waals surface area contributed by atoms with Crippen LogP contribution in [0.4, 0.5) is 15.8 Å². The molecule has 2 aromatic carbocycles. The van der Waals surface area contributed by atoms with Crippen LogP contribution in [0.15, 0.2) is 53.4 Å². The Morgan fingerprint density at radius 1 is 1.11 bits per heavy atom. The molecule has 0 unspecified atom stereocenters. The lowest BCUT2D eigenvalue weighted by atomic mass is 10.2. The molecule has 0 fully saturated rings. The van der Waals surface area contributed by atoms with E-state index in [9.17, 15) is 27.7 Å². The summed E-state index contributed by atoms with van der Waals surface area (Å²) in [6.45, 7) is -0.204. The Bertz CT molecular complexity index is 936. The Morgan fingerprint density at radius 2 is 1.85 bits per heavy atom. The Kier molecular flexibility index (Phi) is 6.79. The summed E-state index contributed by atoms with van der Waals surface area (Å²) in [5.74, 6) is -1.30. The number of para-hydroxylation sites is 2. The summed E-state index contributed by atoms with van der Waals surface area (Å²) in [6.07, 6.45) is 0. The van der Waals surface area contributed by atoms with E-state index in [1.54, 1.807) is 6.07 Å². The standard InChI is InChI=1S/C16H17FN4O5S/c17-12-4-3-5-13(10-12)27(25,26)20-11-16(22)19-9-8-18-14-6-1-2-7-15(14)21(23)24/h1-7,10,18,20H,8-9,11H2,(H,19,22). The van der Waals surface area contributed by atoms with E-state index in [1.165, 1.54) is 30.3 Å². The van der Waals surface area contributed by atoms with Crippen molar-refractivity contribution in [3.8, 4) is 0 Å². The molecule has 0 aromatic heterocycles. The molecule has 0 aliphatic heterocycles. The largest absolute Gasteiger partial charge is 0.378 e. The molecule has 2 rings (SSSR count). The zero-order valence-electron chi connectivity index (χ0n) is 14.0. The van der Waals surface area contributed by atoms with Gasteiger partial charge in [0.2, 0.25) is 15.9 Å². The van der Waals surface area contributed by atoms with Crippen LogP contribution in [-0.4, -0.2) is 38.9 Å². The highest BCUT2D eigenvalue weighted by Gasteiger charge is 2.16. The second-order valence-corrected chi connectivity index (χ2v) is 7.10. The van der Waals surface area contributed by atoms with Crippen molar-refractivity contribution in [2.45, 2.75) is 4.90 Å². The molecule has 0 heterocycles. The number of rotatable bonds is 9. The van der Waals surface area contributed by atoms with Gasteiger partial charge in [0.1, 0.15) is 11.5 Å². The number of nitrogens with zero attached hydrogens (tertiary/aromatic N) is 1. The number of benzene rings is 2. The molecule has 0 aliphatic rings. The molecule has 3 N–H and O–H groups in total. The number of halogens is 1. The van der Waals surface area contributed by atoms with Crippen molar-refractivity contribution in [2.24, 2.45) is 0 Å². The molecule has 0 aliphatic carbocycles. The third-order valence-electron chi connectivity index (χ3n) is 3.39. The fourth-order valence-corrected chi connectivity index (χ4v) is 3.14. The van der Waals surface area contributed by atoms with Crippen molar-refractivity contribution in [3.63, 3.8) is 0 Å². The number of hydrogen-bond acceptors (Lipinski definition) is 6. The first-order valence-corrected chi connectivity index (χ1v) is 9.27. The quantitative estimate of drug-likeness (QED) is 0.332. The fraction of sp³-hybridized carbons (Fsp3) is 0.188. The highest BCUT2D eigenvalue weighted by atomic mass is 32.2. The van der Waals surface area contributed by atoms with Gasteiger partial charge in [-0.3, -0.25) is 14.9 Å². The molecule has 144 valence electrons. The van der Waals surface area contributed by atoms with E-state index in [0.717, 1.165) is 12.1 Å². The third kappa shape index (κ3) is 6.01. The second-order valence-electron chi connectivity index (χ2n) is 5.33. The SMILES string of the molecule is O=C(CNS(=O)(=O)c1cccc(F)c1)NCCNc1ccccc1[N+](=O)[O-]. The van der Waals surface area contributed by atoms with Crippen LogP contribution in [-0.2, 0) is 14.8 Å². The molecule has 0 saturated heterocycles. The smallest absolute Gasteiger partial charge is 0.292 e. The van der Waals surface area contributed by atoms with E-state index in [0.29, 0.717) is 5.69 Å². The summed E-state index contributed by atoms with van der Waals surface area (Å²) in [5, 5.41) is 16.2. The van der Waals surface area contributed by atoms with Gasteiger partial charge in [0.15, 0.2) is 0 Å². The number of hydrogen-bond donors (Lipinski definition) is 3. The van der Waals surface area contributed by atoms with E-state index in [4.69, 9.17) is 0 Å². The topological polar surface area (TPSA) is 130 Å². The Hall–Kier alpha value is -3.05. The van der Waals surface area contributed by atoms with Crippen LogP contribution in [0.2, 0.25) is 0 Å². The van der Waals surface area contributed by atoms with Crippen molar-refractivity contribution in [1.82, 2.24) is 10.0 Å². The van der Waals surface area contributed by atoms with Gasteiger partial charge in [-0.15, -0.1) is 0 Å². The number of carbonyl (C=O) groups excluding carboxylic acids is 1. The van der Waals surface area contributed by atoms with Crippen molar-refractivity contribution in [3.05, 3.63) is 64.5 Å². The van der Waals surface area contributed by atoms with Crippen LogP contribution in [0.25, 0.3) is 0 Å². The van der Waals surface area contributed by atoms with Crippen molar-refractivity contribution in [2.75, 3.05) is 25.0 Å². The first-order chi connectivity index (χ1) is 12.8. The lowest BCUT2D eigenvalue weighted by Crippen LogP contribution is -2.38. The molecule has 0 saturated carbocycles. The van der Waals surface area contributed by atoms with Gasteiger partial charge in [-0.1, -0.05) is 18.2 Å². The first-order valence-electron chi connectivity index (χ1n) is 7.79. The lowest BCUT2D eigenvalue weighted by Gasteiger charge is -2.09. The van der Waals surface area contributed by atoms with Crippen molar-refractivity contribution >= 4 is 27.3 Å². The number of anilines is 1. The predicted octanol–water partition coefficient (Wildman–Crippen LogP) is 1.24. The normalized spacial score (nSPS) is 11.0. The van der Waals surface area contributed by atoms with E-state index >= 15 is 0 Å².